The first-order valence-electron chi connectivity index (χ1n) is 7.13. The molecule has 0 aromatic heterocycles. The lowest BCUT2D eigenvalue weighted by atomic mass is 10.1. The summed E-state index contributed by atoms with van der Waals surface area (Å²) in [5, 5.41) is 10.5. The van der Waals surface area contributed by atoms with E-state index in [9.17, 15) is 4.79 Å². The highest BCUT2D eigenvalue weighted by molar-refractivity contribution is 5.84. The summed E-state index contributed by atoms with van der Waals surface area (Å²) in [6, 6.07) is 14.9. The van der Waals surface area contributed by atoms with Gasteiger partial charge in [0.05, 0.1) is 5.69 Å². The fourth-order valence-corrected chi connectivity index (χ4v) is 2.08. The summed E-state index contributed by atoms with van der Waals surface area (Å²) in [6.45, 7) is 2.28. The fourth-order valence-electron chi connectivity index (χ4n) is 2.08. The summed E-state index contributed by atoms with van der Waals surface area (Å²) in [4.78, 5) is 11.8. The van der Waals surface area contributed by atoms with Crippen LogP contribution in [0.3, 0.4) is 0 Å². The number of carbonyl (C=O) groups is 1. The third-order valence-electron chi connectivity index (χ3n) is 3.17. The lowest BCUT2D eigenvalue weighted by Gasteiger charge is -2.10. The van der Waals surface area contributed by atoms with E-state index in [0.29, 0.717) is 5.69 Å². The molecule has 0 aliphatic carbocycles. The summed E-state index contributed by atoms with van der Waals surface area (Å²) < 4.78 is 5.27. The number of hydrogen-bond acceptors (Lipinski definition) is 4. The molecule has 0 aliphatic heterocycles. The molecule has 2 aromatic carbocycles. The number of nitrogens with one attached hydrogen (secondary N) is 1. The third-order valence-corrected chi connectivity index (χ3v) is 3.17. The number of ether oxygens (including phenoxy) is 1. The molecule has 5 heteroatoms. The van der Waals surface area contributed by atoms with Crippen molar-refractivity contribution in [3.63, 3.8) is 0 Å². The number of azo groups is 1. The van der Waals surface area contributed by atoms with Gasteiger partial charge in [0, 0.05) is 12.7 Å². The first-order chi connectivity index (χ1) is 10.7. The lowest BCUT2D eigenvalue weighted by molar-refractivity contribution is 0.155. The second-order valence-electron chi connectivity index (χ2n) is 4.67. The van der Waals surface area contributed by atoms with Gasteiger partial charge < -0.3 is 4.74 Å². The standard InChI is InChI=1S/C17H19N3O2/c1-3-13-11-16(20-18-2)10-9-14(13)12-22-17(21)19-15-7-5-4-6-8-15/h4-11H,3,12H2,1-2H3,(H,19,21). The van der Waals surface area contributed by atoms with Crippen LogP contribution in [-0.4, -0.2) is 13.1 Å². The number of anilines is 1. The second kappa shape index (κ2) is 7.93. The van der Waals surface area contributed by atoms with E-state index in [0.717, 1.165) is 23.2 Å². The molecule has 0 radical (unpaired) electrons. The molecule has 2 aromatic rings. The minimum absolute atomic E-state index is 0.228. The smallest absolute Gasteiger partial charge is 0.411 e. The van der Waals surface area contributed by atoms with E-state index in [-0.39, 0.29) is 6.61 Å². The van der Waals surface area contributed by atoms with Gasteiger partial charge in [-0.25, -0.2) is 4.79 Å². The van der Waals surface area contributed by atoms with E-state index in [2.05, 4.69) is 22.5 Å². The Hall–Kier alpha value is -2.69. The van der Waals surface area contributed by atoms with Gasteiger partial charge in [0.15, 0.2) is 0 Å². The molecule has 22 heavy (non-hydrogen) atoms. The SMILES string of the molecule is CCc1cc(N=NC)ccc1COC(=O)Nc1ccccc1. The Morgan fingerprint density at radius 3 is 2.59 bits per heavy atom. The third kappa shape index (κ3) is 4.41. The van der Waals surface area contributed by atoms with E-state index in [1.807, 2.05) is 48.5 Å². The molecule has 1 N–H and O–H groups in total. The first kappa shape index (κ1) is 15.7. The Labute approximate surface area is 130 Å². The van der Waals surface area contributed by atoms with E-state index >= 15 is 0 Å². The molecule has 5 nitrogen and oxygen atoms in total. The first-order valence-corrected chi connectivity index (χ1v) is 7.13. The van der Waals surface area contributed by atoms with E-state index in [1.54, 1.807) is 7.05 Å². The summed E-state index contributed by atoms with van der Waals surface area (Å²) in [5.41, 5.74) is 3.58. The van der Waals surface area contributed by atoms with E-state index in [4.69, 9.17) is 4.74 Å². The van der Waals surface area contributed by atoms with Crippen LogP contribution < -0.4 is 5.32 Å². The molecule has 0 saturated carbocycles. The average Bonchev–Trinajstić information content (AvgIpc) is 2.54. The zero-order valence-corrected chi connectivity index (χ0v) is 12.7. The van der Waals surface area contributed by atoms with Crippen molar-refractivity contribution in [3.05, 3.63) is 59.7 Å². The molecule has 0 unspecified atom stereocenters. The number of aryl methyl sites for hydroxylation is 1. The highest BCUT2D eigenvalue weighted by Crippen LogP contribution is 2.20. The van der Waals surface area contributed by atoms with Crippen molar-refractivity contribution in [1.82, 2.24) is 0 Å². The average molecular weight is 297 g/mol. The molecular formula is C17H19N3O2. The highest BCUT2D eigenvalue weighted by atomic mass is 16.5. The maximum absolute atomic E-state index is 11.8. The van der Waals surface area contributed by atoms with Crippen molar-refractivity contribution in [2.45, 2.75) is 20.0 Å². The maximum atomic E-state index is 11.8. The predicted molar refractivity (Wildman–Crippen MR) is 86.5 cm³/mol. The number of hydrogen-bond donors (Lipinski definition) is 1. The molecule has 0 fully saturated rings. The van der Waals surface area contributed by atoms with Crippen LogP contribution >= 0.6 is 0 Å². The Morgan fingerprint density at radius 1 is 1.14 bits per heavy atom. The van der Waals surface area contributed by atoms with Crippen LogP contribution in [-0.2, 0) is 17.8 Å². The number of benzene rings is 2. The Morgan fingerprint density at radius 2 is 1.91 bits per heavy atom. The van der Waals surface area contributed by atoms with Gasteiger partial charge in [-0.1, -0.05) is 31.2 Å². The summed E-state index contributed by atoms with van der Waals surface area (Å²) in [5.74, 6) is 0. The molecular weight excluding hydrogens is 278 g/mol. The van der Waals surface area contributed by atoms with Gasteiger partial charge in [0.25, 0.3) is 0 Å². The maximum Gasteiger partial charge on any atom is 0.411 e. The normalized spacial score (nSPS) is 10.6. The molecule has 114 valence electrons. The fraction of sp³-hybridized carbons (Fsp3) is 0.235. The zero-order chi connectivity index (χ0) is 15.8. The summed E-state index contributed by atoms with van der Waals surface area (Å²) in [7, 11) is 1.64. The van der Waals surface area contributed by atoms with Crippen molar-refractivity contribution in [2.24, 2.45) is 10.2 Å². The van der Waals surface area contributed by atoms with Gasteiger partial charge in [-0.05, 0) is 41.8 Å². The van der Waals surface area contributed by atoms with Crippen LogP contribution in [0.5, 0.6) is 0 Å². The molecule has 0 heterocycles. The number of para-hydroxylation sites is 1. The molecule has 0 bridgehead atoms. The second-order valence-corrected chi connectivity index (χ2v) is 4.67. The molecule has 2 rings (SSSR count). The van der Waals surface area contributed by atoms with Gasteiger partial charge in [-0.2, -0.15) is 10.2 Å². The Kier molecular flexibility index (Phi) is 5.65. The van der Waals surface area contributed by atoms with E-state index < -0.39 is 6.09 Å². The quantitative estimate of drug-likeness (QED) is 0.812. The largest absolute Gasteiger partial charge is 0.444 e. The zero-order valence-electron chi connectivity index (χ0n) is 12.7. The van der Waals surface area contributed by atoms with Crippen molar-refractivity contribution >= 4 is 17.5 Å². The van der Waals surface area contributed by atoms with Gasteiger partial charge in [0.2, 0.25) is 0 Å². The van der Waals surface area contributed by atoms with Crippen LogP contribution in [0.4, 0.5) is 16.2 Å². The predicted octanol–water partition coefficient (Wildman–Crippen LogP) is 4.71. The number of rotatable bonds is 5. The van der Waals surface area contributed by atoms with Crippen LogP contribution in [0.25, 0.3) is 0 Å². The van der Waals surface area contributed by atoms with Crippen molar-refractivity contribution < 1.29 is 9.53 Å². The molecule has 0 spiro atoms. The Bertz CT molecular complexity index is 654. The summed E-state index contributed by atoms with van der Waals surface area (Å²) in [6.07, 6.45) is 0.372. The van der Waals surface area contributed by atoms with Crippen molar-refractivity contribution in [3.8, 4) is 0 Å². The highest BCUT2D eigenvalue weighted by Gasteiger charge is 2.07. The van der Waals surface area contributed by atoms with Crippen LogP contribution in [0, 0.1) is 0 Å². The number of carbonyl (C=O) groups excluding carboxylic acids is 1. The minimum Gasteiger partial charge on any atom is -0.444 e. The number of nitrogens with zero attached hydrogens (tertiary/aromatic N) is 2. The topological polar surface area (TPSA) is 63.1 Å². The Balaban J connectivity index is 1.97. The van der Waals surface area contributed by atoms with Crippen LogP contribution in [0.15, 0.2) is 58.8 Å². The molecule has 1 amide bonds. The monoisotopic (exact) mass is 297 g/mol. The van der Waals surface area contributed by atoms with Crippen LogP contribution in [0.2, 0.25) is 0 Å². The minimum atomic E-state index is -0.467. The lowest BCUT2D eigenvalue weighted by Crippen LogP contribution is -2.13. The van der Waals surface area contributed by atoms with Crippen LogP contribution in [0.1, 0.15) is 18.1 Å². The number of amides is 1. The molecule has 0 aliphatic rings. The van der Waals surface area contributed by atoms with Gasteiger partial charge >= 0.3 is 6.09 Å². The van der Waals surface area contributed by atoms with Crippen molar-refractivity contribution in [1.29, 1.82) is 0 Å². The van der Waals surface area contributed by atoms with E-state index in [1.165, 1.54) is 0 Å². The van der Waals surface area contributed by atoms with Crippen molar-refractivity contribution in [2.75, 3.05) is 12.4 Å². The van der Waals surface area contributed by atoms with Gasteiger partial charge in [-0.3, -0.25) is 5.32 Å². The summed E-state index contributed by atoms with van der Waals surface area (Å²) >= 11 is 0. The van der Waals surface area contributed by atoms with Gasteiger partial charge in [0.1, 0.15) is 6.61 Å². The molecule has 0 saturated heterocycles. The molecule has 0 atom stereocenters. The van der Waals surface area contributed by atoms with Gasteiger partial charge in [-0.15, -0.1) is 0 Å².